The number of hydrogen-bond donors (Lipinski definition) is 1. The lowest BCUT2D eigenvalue weighted by molar-refractivity contribution is -0.0721. The molecule has 4 rings (SSSR count). The average molecular weight is 514 g/mol. The molecule has 29 heavy (non-hydrogen) atoms. The smallest absolute Gasteiger partial charge is 0.194 e. The molecule has 2 fully saturated rings. The van der Waals surface area contributed by atoms with Gasteiger partial charge in [0.05, 0.1) is 25.4 Å². The van der Waals surface area contributed by atoms with E-state index < -0.39 is 0 Å². The highest BCUT2D eigenvalue weighted by molar-refractivity contribution is 14.0. The van der Waals surface area contributed by atoms with Crippen molar-refractivity contribution in [2.24, 2.45) is 4.99 Å². The van der Waals surface area contributed by atoms with Gasteiger partial charge in [0, 0.05) is 32.9 Å². The molecule has 0 radical (unpaired) electrons. The molecular weight excluding hydrogens is 483 g/mol. The molecule has 1 unspecified atom stereocenters. The Bertz CT molecular complexity index is 784. The van der Waals surface area contributed by atoms with Crippen LogP contribution >= 0.6 is 24.0 Å². The lowest BCUT2D eigenvalue weighted by Crippen LogP contribution is -2.47. The van der Waals surface area contributed by atoms with Gasteiger partial charge in [-0.3, -0.25) is 9.39 Å². The third-order valence-electron chi connectivity index (χ3n) is 5.53. The number of likely N-dealkylation sites (tertiary alicyclic amines) is 1. The zero-order chi connectivity index (χ0) is 19.2. The van der Waals surface area contributed by atoms with Gasteiger partial charge in [0.25, 0.3) is 0 Å². The highest BCUT2D eigenvalue weighted by Crippen LogP contribution is 2.18. The van der Waals surface area contributed by atoms with Crippen molar-refractivity contribution < 1.29 is 9.47 Å². The summed E-state index contributed by atoms with van der Waals surface area (Å²) >= 11 is 0. The summed E-state index contributed by atoms with van der Waals surface area (Å²) in [6.45, 7) is 4.09. The van der Waals surface area contributed by atoms with Gasteiger partial charge >= 0.3 is 0 Å². The Hall–Kier alpha value is -1.46. The van der Waals surface area contributed by atoms with Crippen molar-refractivity contribution >= 4 is 35.6 Å². The maximum Gasteiger partial charge on any atom is 0.194 e. The maximum absolute atomic E-state index is 6.12. The van der Waals surface area contributed by atoms with E-state index in [-0.39, 0.29) is 24.0 Å². The van der Waals surface area contributed by atoms with E-state index in [0.29, 0.717) is 18.8 Å². The number of piperidine rings is 1. The lowest BCUT2D eigenvalue weighted by atomic mass is 10.1. The van der Waals surface area contributed by atoms with Crippen LogP contribution in [0.25, 0.3) is 5.65 Å². The number of nitrogens with one attached hydrogen (secondary N) is 1. The molecule has 0 aromatic carbocycles. The zero-order valence-corrected chi connectivity index (χ0v) is 19.3. The first-order valence-electron chi connectivity index (χ1n) is 10.3. The number of rotatable bonds is 5. The highest BCUT2D eigenvalue weighted by atomic mass is 127. The SMILES string of the molecule is CN=C(NCc1nnc2ccccn12)N1CCC(OCC2CCCCO2)CC1.I. The molecule has 0 spiro atoms. The molecule has 0 bridgehead atoms. The van der Waals surface area contributed by atoms with Crippen molar-refractivity contribution in [2.75, 3.05) is 33.4 Å². The van der Waals surface area contributed by atoms with E-state index >= 15 is 0 Å². The molecule has 2 aromatic heterocycles. The molecule has 2 saturated heterocycles. The molecule has 160 valence electrons. The summed E-state index contributed by atoms with van der Waals surface area (Å²) in [5.41, 5.74) is 0.856. The van der Waals surface area contributed by atoms with Gasteiger partial charge in [-0.25, -0.2) is 0 Å². The number of fused-ring (bicyclic) bond motifs is 1. The molecule has 1 atom stereocenters. The predicted molar refractivity (Wildman–Crippen MR) is 123 cm³/mol. The number of aliphatic imine (C=N–C) groups is 1. The third kappa shape index (κ3) is 5.79. The fourth-order valence-corrected chi connectivity index (χ4v) is 3.92. The Morgan fingerprint density at radius 2 is 2.10 bits per heavy atom. The van der Waals surface area contributed by atoms with Crippen LogP contribution in [0.5, 0.6) is 0 Å². The van der Waals surface area contributed by atoms with Crippen LogP contribution in [0.3, 0.4) is 0 Å². The minimum absolute atomic E-state index is 0. The quantitative estimate of drug-likeness (QED) is 0.376. The van der Waals surface area contributed by atoms with Crippen LogP contribution in [0, 0.1) is 0 Å². The zero-order valence-electron chi connectivity index (χ0n) is 17.0. The Morgan fingerprint density at radius 1 is 1.24 bits per heavy atom. The second-order valence-electron chi connectivity index (χ2n) is 7.45. The van der Waals surface area contributed by atoms with Crippen LogP contribution in [0.2, 0.25) is 0 Å². The first-order valence-corrected chi connectivity index (χ1v) is 10.3. The van der Waals surface area contributed by atoms with Gasteiger partial charge in [-0.2, -0.15) is 0 Å². The van der Waals surface area contributed by atoms with Crippen molar-refractivity contribution in [1.82, 2.24) is 24.8 Å². The molecule has 2 aliphatic heterocycles. The maximum atomic E-state index is 6.12. The summed E-state index contributed by atoms with van der Waals surface area (Å²) in [6.07, 6.45) is 8.20. The summed E-state index contributed by atoms with van der Waals surface area (Å²) in [4.78, 5) is 6.74. The van der Waals surface area contributed by atoms with E-state index in [0.717, 1.165) is 63.0 Å². The fourth-order valence-electron chi connectivity index (χ4n) is 3.92. The third-order valence-corrected chi connectivity index (χ3v) is 5.53. The van der Waals surface area contributed by atoms with Crippen LogP contribution in [-0.4, -0.2) is 71.0 Å². The Morgan fingerprint density at radius 3 is 2.86 bits per heavy atom. The average Bonchev–Trinajstić information content (AvgIpc) is 3.17. The predicted octanol–water partition coefficient (Wildman–Crippen LogP) is 2.47. The number of aromatic nitrogens is 3. The van der Waals surface area contributed by atoms with E-state index in [1.165, 1.54) is 12.8 Å². The van der Waals surface area contributed by atoms with Crippen LogP contribution in [0.1, 0.15) is 37.9 Å². The Labute approximate surface area is 189 Å². The lowest BCUT2D eigenvalue weighted by Gasteiger charge is -2.35. The number of ether oxygens (including phenoxy) is 2. The van der Waals surface area contributed by atoms with E-state index in [2.05, 4.69) is 25.4 Å². The van der Waals surface area contributed by atoms with Crippen LogP contribution < -0.4 is 5.32 Å². The number of hydrogen-bond acceptors (Lipinski definition) is 5. The van der Waals surface area contributed by atoms with E-state index in [1.54, 1.807) is 0 Å². The number of guanidine groups is 1. The summed E-state index contributed by atoms with van der Waals surface area (Å²) in [5, 5.41) is 11.9. The molecule has 0 aliphatic carbocycles. The monoisotopic (exact) mass is 514 g/mol. The highest BCUT2D eigenvalue weighted by Gasteiger charge is 2.24. The molecule has 9 heteroatoms. The second-order valence-corrected chi connectivity index (χ2v) is 7.45. The summed E-state index contributed by atoms with van der Waals surface area (Å²) < 4.78 is 13.9. The van der Waals surface area contributed by atoms with Gasteiger partial charge in [0.1, 0.15) is 0 Å². The molecule has 1 N–H and O–H groups in total. The minimum Gasteiger partial charge on any atom is -0.376 e. The summed E-state index contributed by atoms with van der Waals surface area (Å²) in [5.74, 6) is 1.78. The number of nitrogens with zero attached hydrogens (tertiary/aromatic N) is 5. The number of pyridine rings is 1. The van der Waals surface area contributed by atoms with E-state index in [1.807, 2.05) is 35.8 Å². The van der Waals surface area contributed by atoms with Gasteiger partial charge in [-0.05, 0) is 44.2 Å². The largest absolute Gasteiger partial charge is 0.376 e. The first-order chi connectivity index (χ1) is 13.8. The van der Waals surface area contributed by atoms with E-state index in [4.69, 9.17) is 9.47 Å². The van der Waals surface area contributed by atoms with Crippen molar-refractivity contribution in [3.63, 3.8) is 0 Å². The molecule has 2 aliphatic rings. The van der Waals surface area contributed by atoms with E-state index in [9.17, 15) is 0 Å². The molecule has 0 saturated carbocycles. The van der Waals surface area contributed by atoms with Crippen LogP contribution in [-0.2, 0) is 16.0 Å². The molecule has 0 amide bonds. The number of halogens is 1. The molecule has 4 heterocycles. The molecule has 2 aromatic rings. The minimum atomic E-state index is 0. The van der Waals surface area contributed by atoms with Crippen LogP contribution in [0.15, 0.2) is 29.4 Å². The van der Waals surface area contributed by atoms with Gasteiger partial charge in [-0.15, -0.1) is 34.2 Å². The van der Waals surface area contributed by atoms with Gasteiger partial charge in [0.2, 0.25) is 0 Å². The van der Waals surface area contributed by atoms with Gasteiger partial charge < -0.3 is 19.7 Å². The van der Waals surface area contributed by atoms with Gasteiger partial charge in [0.15, 0.2) is 17.4 Å². The molecular formula is C20H31IN6O2. The first kappa shape index (κ1) is 22.2. The van der Waals surface area contributed by atoms with Crippen molar-refractivity contribution in [2.45, 2.75) is 50.9 Å². The van der Waals surface area contributed by atoms with Crippen molar-refractivity contribution in [3.8, 4) is 0 Å². The molecule has 8 nitrogen and oxygen atoms in total. The normalized spacial score (nSPS) is 21.2. The second kappa shape index (κ2) is 11.1. The topological polar surface area (TPSA) is 76.3 Å². The van der Waals surface area contributed by atoms with Crippen molar-refractivity contribution in [1.29, 1.82) is 0 Å². The van der Waals surface area contributed by atoms with Crippen LogP contribution in [0.4, 0.5) is 0 Å². The fraction of sp³-hybridized carbons (Fsp3) is 0.650. The Balaban J connectivity index is 0.00000240. The van der Waals surface area contributed by atoms with Gasteiger partial charge in [-0.1, -0.05) is 6.07 Å². The van der Waals surface area contributed by atoms with Crippen molar-refractivity contribution in [3.05, 3.63) is 30.2 Å². The Kier molecular flexibility index (Phi) is 8.49. The summed E-state index contributed by atoms with van der Waals surface area (Å²) in [7, 11) is 1.83. The summed E-state index contributed by atoms with van der Waals surface area (Å²) in [6, 6.07) is 5.90. The standard InChI is InChI=1S/C20H30N6O2.HI/c1-21-20(22-14-19-24-23-18-7-2-4-10-26(18)19)25-11-8-16(9-12-25)28-15-17-6-3-5-13-27-17;/h2,4,7,10,16-17H,3,5-6,8-9,11-15H2,1H3,(H,21,22);1H.